The molecule has 8 nitrogen and oxygen atoms in total. The monoisotopic (exact) mass is 368 g/mol. The summed E-state index contributed by atoms with van der Waals surface area (Å²) >= 11 is 0. The van der Waals surface area contributed by atoms with Crippen LogP contribution in [0.3, 0.4) is 0 Å². The molecule has 126 valence electrons. The maximum atomic E-state index is 11.0. The van der Waals surface area contributed by atoms with Crippen molar-refractivity contribution in [2.75, 3.05) is 0 Å². The first kappa shape index (κ1) is 16.5. The van der Waals surface area contributed by atoms with Crippen LogP contribution in [0.4, 0.5) is 0 Å². The van der Waals surface area contributed by atoms with E-state index >= 15 is 0 Å². The summed E-state index contributed by atoms with van der Waals surface area (Å²) < 4.78 is 74.3. The SMILES string of the molecule is O=S(=O)([O-])Oc1ccc2ccc3ccccc3c2c1OS(=O)(=O)[O-]. The summed E-state index contributed by atoms with van der Waals surface area (Å²) in [4.78, 5) is 0. The minimum absolute atomic E-state index is 0.133. The quantitative estimate of drug-likeness (QED) is 0.386. The second kappa shape index (κ2) is 5.60. The van der Waals surface area contributed by atoms with Crippen molar-refractivity contribution in [3.63, 3.8) is 0 Å². The molecule has 0 saturated carbocycles. The third-order valence-corrected chi connectivity index (χ3v) is 3.96. The molecule has 0 bridgehead atoms. The van der Waals surface area contributed by atoms with Crippen LogP contribution in [0.1, 0.15) is 0 Å². The van der Waals surface area contributed by atoms with Crippen LogP contribution in [0, 0.1) is 0 Å². The molecule has 0 spiro atoms. The van der Waals surface area contributed by atoms with Gasteiger partial charge in [-0.2, -0.15) is 0 Å². The highest BCUT2D eigenvalue weighted by Crippen LogP contribution is 2.41. The zero-order chi connectivity index (χ0) is 17.5. The van der Waals surface area contributed by atoms with E-state index in [0.717, 1.165) is 6.07 Å². The van der Waals surface area contributed by atoms with E-state index in [9.17, 15) is 25.9 Å². The van der Waals surface area contributed by atoms with E-state index in [-0.39, 0.29) is 5.39 Å². The molecule has 0 aliphatic carbocycles. The molecule has 3 aromatic carbocycles. The average molecular weight is 368 g/mol. The Bertz CT molecular complexity index is 1150. The third kappa shape index (κ3) is 3.41. The largest absolute Gasteiger partial charge is 0.716 e. The summed E-state index contributed by atoms with van der Waals surface area (Å²) in [7, 11) is -10.4. The maximum Gasteiger partial charge on any atom is 0.262 e. The molecule has 0 saturated heterocycles. The van der Waals surface area contributed by atoms with Crippen molar-refractivity contribution in [3.05, 3.63) is 48.5 Å². The van der Waals surface area contributed by atoms with E-state index in [4.69, 9.17) is 0 Å². The van der Waals surface area contributed by atoms with Gasteiger partial charge in [0, 0.05) is 5.39 Å². The molecule has 3 aromatic rings. The summed E-state index contributed by atoms with van der Waals surface area (Å²) in [5.74, 6) is -1.34. The minimum Gasteiger partial charge on any atom is -0.716 e. The molecule has 0 aromatic heterocycles. The molecule has 0 unspecified atom stereocenters. The van der Waals surface area contributed by atoms with Gasteiger partial charge in [0.25, 0.3) is 20.8 Å². The van der Waals surface area contributed by atoms with E-state index in [1.807, 2.05) is 0 Å². The van der Waals surface area contributed by atoms with Crippen LogP contribution in [0.15, 0.2) is 48.5 Å². The molecule has 0 atom stereocenters. The fourth-order valence-corrected chi connectivity index (χ4v) is 3.13. The van der Waals surface area contributed by atoms with Crippen LogP contribution in [0.2, 0.25) is 0 Å². The second-order valence-electron chi connectivity index (χ2n) is 4.76. The Morgan fingerprint density at radius 1 is 0.708 bits per heavy atom. The number of benzene rings is 3. The highest BCUT2D eigenvalue weighted by Gasteiger charge is 2.17. The number of hydrogen-bond donors (Lipinski definition) is 0. The predicted octanol–water partition coefficient (Wildman–Crippen LogP) is 1.67. The van der Waals surface area contributed by atoms with Gasteiger partial charge in [0.15, 0.2) is 11.5 Å². The highest BCUT2D eigenvalue weighted by molar-refractivity contribution is 7.81. The van der Waals surface area contributed by atoms with Crippen LogP contribution in [0.5, 0.6) is 11.5 Å². The summed E-state index contributed by atoms with van der Waals surface area (Å²) in [5.41, 5.74) is 0. The number of hydrogen-bond acceptors (Lipinski definition) is 8. The lowest BCUT2D eigenvalue weighted by Crippen LogP contribution is -2.12. The van der Waals surface area contributed by atoms with Crippen molar-refractivity contribution >= 4 is 42.3 Å². The smallest absolute Gasteiger partial charge is 0.262 e. The average Bonchev–Trinajstić information content (AvgIpc) is 2.46. The van der Waals surface area contributed by atoms with Crippen LogP contribution >= 0.6 is 0 Å². The molecule has 24 heavy (non-hydrogen) atoms. The Morgan fingerprint density at radius 2 is 1.29 bits per heavy atom. The molecule has 0 heterocycles. The number of rotatable bonds is 4. The van der Waals surface area contributed by atoms with Crippen molar-refractivity contribution < 1.29 is 34.3 Å². The van der Waals surface area contributed by atoms with Crippen LogP contribution < -0.4 is 8.37 Å². The molecule has 0 N–H and O–H groups in total. The van der Waals surface area contributed by atoms with Gasteiger partial charge in [-0.1, -0.05) is 42.5 Å². The lowest BCUT2D eigenvalue weighted by molar-refractivity contribution is 0.350. The van der Waals surface area contributed by atoms with Gasteiger partial charge in [0.2, 0.25) is 0 Å². The Balaban J connectivity index is 2.44. The summed E-state index contributed by atoms with van der Waals surface area (Å²) in [5, 5.41) is 1.76. The Labute approximate surface area is 137 Å². The summed E-state index contributed by atoms with van der Waals surface area (Å²) in [6, 6.07) is 12.6. The predicted molar refractivity (Wildman–Crippen MR) is 82.1 cm³/mol. The van der Waals surface area contributed by atoms with Gasteiger partial charge >= 0.3 is 0 Å². The van der Waals surface area contributed by atoms with Gasteiger partial charge in [0.1, 0.15) is 0 Å². The molecular weight excluding hydrogens is 360 g/mol. The Morgan fingerprint density at radius 3 is 1.96 bits per heavy atom. The lowest BCUT2D eigenvalue weighted by Gasteiger charge is -2.18. The van der Waals surface area contributed by atoms with Crippen LogP contribution in [0.25, 0.3) is 21.5 Å². The van der Waals surface area contributed by atoms with Gasteiger partial charge in [-0.3, -0.25) is 0 Å². The Kier molecular flexibility index (Phi) is 3.84. The molecule has 0 amide bonds. The topological polar surface area (TPSA) is 133 Å². The second-order valence-corrected chi connectivity index (χ2v) is 6.73. The lowest BCUT2D eigenvalue weighted by atomic mass is 10.0. The fourth-order valence-electron chi connectivity index (χ4n) is 2.41. The normalized spacial score (nSPS) is 12.4. The summed E-state index contributed by atoms with van der Waals surface area (Å²) in [6.45, 7) is 0. The van der Waals surface area contributed by atoms with Gasteiger partial charge in [-0.15, -0.1) is 0 Å². The first-order valence-electron chi connectivity index (χ1n) is 6.39. The van der Waals surface area contributed by atoms with Crippen LogP contribution in [-0.2, 0) is 20.8 Å². The minimum atomic E-state index is -5.24. The third-order valence-electron chi connectivity index (χ3n) is 3.20. The maximum absolute atomic E-state index is 11.0. The zero-order valence-electron chi connectivity index (χ0n) is 11.7. The van der Waals surface area contributed by atoms with Gasteiger partial charge in [-0.25, -0.2) is 16.8 Å². The molecule has 3 rings (SSSR count). The first-order valence-corrected chi connectivity index (χ1v) is 9.06. The van der Waals surface area contributed by atoms with Gasteiger partial charge in [0.05, 0.1) is 0 Å². The van der Waals surface area contributed by atoms with E-state index < -0.39 is 32.3 Å². The Hall–Kier alpha value is -2.40. The van der Waals surface area contributed by atoms with Crippen molar-refractivity contribution in [2.24, 2.45) is 0 Å². The highest BCUT2D eigenvalue weighted by atomic mass is 32.3. The van der Waals surface area contributed by atoms with E-state index in [2.05, 4.69) is 8.37 Å². The van der Waals surface area contributed by atoms with Crippen molar-refractivity contribution in [1.29, 1.82) is 0 Å². The molecule has 0 aliphatic heterocycles. The zero-order valence-corrected chi connectivity index (χ0v) is 13.3. The van der Waals surface area contributed by atoms with E-state index in [1.165, 1.54) is 6.07 Å². The fraction of sp³-hybridized carbons (Fsp3) is 0. The van der Waals surface area contributed by atoms with Gasteiger partial charge in [-0.05, 0) is 22.2 Å². The van der Waals surface area contributed by atoms with Gasteiger partial charge < -0.3 is 17.5 Å². The molecule has 10 heteroatoms. The standard InChI is InChI=1S/C14H10O8S2/c15-23(16,17)21-12-8-7-10-6-5-9-3-1-2-4-11(9)13(10)14(12)22-24(18,19)20/h1-8H,(H,15,16,17)(H,18,19,20)/p-2. The van der Waals surface area contributed by atoms with Crippen molar-refractivity contribution in [2.45, 2.75) is 0 Å². The van der Waals surface area contributed by atoms with Crippen molar-refractivity contribution in [1.82, 2.24) is 0 Å². The van der Waals surface area contributed by atoms with Crippen LogP contribution in [-0.4, -0.2) is 25.9 Å². The molecule has 0 fully saturated rings. The molecule has 0 aliphatic rings. The number of fused-ring (bicyclic) bond motifs is 3. The summed E-state index contributed by atoms with van der Waals surface area (Å²) in [6.07, 6.45) is 0. The van der Waals surface area contributed by atoms with E-state index in [1.54, 1.807) is 36.4 Å². The molecular formula is C14H8O8S2-2. The first-order chi connectivity index (χ1) is 11.1. The van der Waals surface area contributed by atoms with Crippen molar-refractivity contribution in [3.8, 4) is 11.5 Å². The van der Waals surface area contributed by atoms with E-state index in [0.29, 0.717) is 16.2 Å². The molecule has 0 radical (unpaired) electrons.